The van der Waals surface area contributed by atoms with E-state index in [-0.39, 0.29) is 17.5 Å². The highest BCUT2D eigenvalue weighted by atomic mass is 19.2. The van der Waals surface area contributed by atoms with Gasteiger partial charge in [-0.3, -0.25) is 4.79 Å². The van der Waals surface area contributed by atoms with E-state index in [1.807, 2.05) is 30.3 Å². The molecule has 0 saturated carbocycles. The molecule has 2 rings (SSSR count). The van der Waals surface area contributed by atoms with Crippen LogP contribution in [0.4, 0.5) is 8.78 Å². The Balaban J connectivity index is 2.21. The molecule has 0 aliphatic rings. The lowest BCUT2D eigenvalue weighted by molar-refractivity contribution is 0.0956. The van der Waals surface area contributed by atoms with E-state index < -0.39 is 23.5 Å². The highest BCUT2D eigenvalue weighted by Gasteiger charge is 2.22. The van der Waals surface area contributed by atoms with E-state index in [9.17, 15) is 13.6 Å². The molecule has 20 heavy (non-hydrogen) atoms. The number of aryl methyl sites for hydroxylation is 1. The molecule has 2 aromatic rings. The SMILES string of the molecule is Cc1ccc(C(=O)C(N)Cc2ccccc2)c(F)c1F. The molecule has 0 spiro atoms. The molecular formula is C16H15F2NO. The lowest BCUT2D eigenvalue weighted by atomic mass is 9.97. The number of hydrogen-bond donors (Lipinski definition) is 1. The number of rotatable bonds is 4. The molecule has 104 valence electrons. The van der Waals surface area contributed by atoms with Crippen molar-refractivity contribution in [2.75, 3.05) is 0 Å². The van der Waals surface area contributed by atoms with E-state index in [1.165, 1.54) is 19.1 Å². The Hall–Kier alpha value is -2.07. The molecule has 4 heteroatoms. The molecule has 0 bridgehead atoms. The summed E-state index contributed by atoms with van der Waals surface area (Å²) in [7, 11) is 0. The Morgan fingerprint density at radius 2 is 1.75 bits per heavy atom. The first kappa shape index (κ1) is 14.3. The Labute approximate surface area is 116 Å². The topological polar surface area (TPSA) is 43.1 Å². The van der Waals surface area contributed by atoms with Crippen molar-refractivity contribution < 1.29 is 13.6 Å². The highest BCUT2D eigenvalue weighted by Crippen LogP contribution is 2.17. The molecule has 1 atom stereocenters. The Kier molecular flexibility index (Phi) is 4.25. The number of carbonyl (C=O) groups excluding carboxylic acids is 1. The van der Waals surface area contributed by atoms with Crippen LogP contribution in [0.25, 0.3) is 0 Å². The molecule has 2 nitrogen and oxygen atoms in total. The van der Waals surface area contributed by atoms with Crippen molar-refractivity contribution in [2.24, 2.45) is 5.73 Å². The molecule has 2 N–H and O–H groups in total. The third-order valence-corrected chi connectivity index (χ3v) is 3.18. The van der Waals surface area contributed by atoms with Crippen LogP contribution in [0.5, 0.6) is 0 Å². The van der Waals surface area contributed by atoms with Crippen molar-refractivity contribution in [1.29, 1.82) is 0 Å². The molecule has 0 radical (unpaired) electrons. The van der Waals surface area contributed by atoms with E-state index >= 15 is 0 Å². The number of carbonyl (C=O) groups is 1. The molecule has 0 fully saturated rings. The smallest absolute Gasteiger partial charge is 0.182 e. The molecular weight excluding hydrogens is 260 g/mol. The standard InChI is InChI=1S/C16H15F2NO/c1-10-7-8-12(15(18)14(10)17)16(20)13(19)9-11-5-3-2-4-6-11/h2-8,13H,9,19H2,1H3. The fraction of sp³-hybridized carbons (Fsp3) is 0.188. The van der Waals surface area contributed by atoms with Crippen LogP contribution >= 0.6 is 0 Å². The maximum Gasteiger partial charge on any atom is 0.182 e. The van der Waals surface area contributed by atoms with Gasteiger partial charge in [0, 0.05) is 0 Å². The lowest BCUT2D eigenvalue weighted by Gasteiger charge is -2.12. The van der Waals surface area contributed by atoms with Gasteiger partial charge in [-0.25, -0.2) is 8.78 Å². The van der Waals surface area contributed by atoms with Gasteiger partial charge in [0.15, 0.2) is 17.4 Å². The highest BCUT2D eigenvalue weighted by molar-refractivity contribution is 6.00. The van der Waals surface area contributed by atoms with Gasteiger partial charge in [0.2, 0.25) is 0 Å². The number of Topliss-reactive ketones (excluding diaryl/α,β-unsaturated/α-hetero) is 1. The van der Waals surface area contributed by atoms with Crippen LogP contribution in [0.15, 0.2) is 42.5 Å². The zero-order valence-electron chi connectivity index (χ0n) is 11.1. The second-order valence-electron chi connectivity index (χ2n) is 4.72. The van der Waals surface area contributed by atoms with E-state index in [0.29, 0.717) is 0 Å². The fourth-order valence-corrected chi connectivity index (χ4v) is 2.00. The third kappa shape index (κ3) is 2.91. The third-order valence-electron chi connectivity index (χ3n) is 3.18. The fourth-order valence-electron chi connectivity index (χ4n) is 2.00. The van der Waals surface area contributed by atoms with Gasteiger partial charge in [0.05, 0.1) is 11.6 Å². The Morgan fingerprint density at radius 3 is 2.40 bits per heavy atom. The first-order valence-electron chi connectivity index (χ1n) is 6.29. The molecule has 0 heterocycles. The minimum absolute atomic E-state index is 0.163. The summed E-state index contributed by atoms with van der Waals surface area (Å²) in [4.78, 5) is 12.1. The number of benzene rings is 2. The van der Waals surface area contributed by atoms with Crippen LogP contribution < -0.4 is 5.73 Å². The van der Waals surface area contributed by atoms with Crippen LogP contribution in [0.2, 0.25) is 0 Å². The van der Waals surface area contributed by atoms with E-state index in [0.717, 1.165) is 5.56 Å². The van der Waals surface area contributed by atoms with Crippen molar-refractivity contribution in [1.82, 2.24) is 0 Å². The summed E-state index contributed by atoms with van der Waals surface area (Å²) in [5, 5.41) is 0. The minimum Gasteiger partial charge on any atom is -0.321 e. The lowest BCUT2D eigenvalue weighted by Crippen LogP contribution is -2.33. The van der Waals surface area contributed by atoms with Crippen LogP contribution in [-0.2, 0) is 6.42 Å². The van der Waals surface area contributed by atoms with Crippen molar-refractivity contribution in [3.8, 4) is 0 Å². The first-order chi connectivity index (χ1) is 9.50. The number of nitrogens with two attached hydrogens (primary N) is 1. The quantitative estimate of drug-likeness (QED) is 0.872. The Bertz CT molecular complexity index is 626. The summed E-state index contributed by atoms with van der Waals surface area (Å²) < 4.78 is 27.2. The summed E-state index contributed by atoms with van der Waals surface area (Å²) in [5.41, 5.74) is 6.54. The van der Waals surface area contributed by atoms with Gasteiger partial charge in [-0.1, -0.05) is 36.4 Å². The van der Waals surface area contributed by atoms with Crippen molar-refractivity contribution in [2.45, 2.75) is 19.4 Å². The molecule has 0 aromatic heterocycles. The molecule has 1 unspecified atom stereocenters. The van der Waals surface area contributed by atoms with Gasteiger partial charge in [-0.15, -0.1) is 0 Å². The molecule has 0 aliphatic heterocycles. The first-order valence-corrected chi connectivity index (χ1v) is 6.29. The van der Waals surface area contributed by atoms with Crippen LogP contribution in [-0.4, -0.2) is 11.8 Å². The van der Waals surface area contributed by atoms with Crippen LogP contribution in [0, 0.1) is 18.6 Å². The average molecular weight is 275 g/mol. The van der Waals surface area contributed by atoms with Gasteiger partial charge in [-0.2, -0.15) is 0 Å². The summed E-state index contributed by atoms with van der Waals surface area (Å²) in [6.45, 7) is 1.44. The molecule has 2 aromatic carbocycles. The minimum atomic E-state index is -1.13. The maximum atomic E-state index is 13.8. The van der Waals surface area contributed by atoms with Gasteiger partial charge in [0.25, 0.3) is 0 Å². The van der Waals surface area contributed by atoms with Crippen molar-refractivity contribution in [3.63, 3.8) is 0 Å². The summed E-state index contributed by atoms with van der Waals surface area (Å²) >= 11 is 0. The molecule has 0 saturated heterocycles. The second-order valence-corrected chi connectivity index (χ2v) is 4.72. The zero-order valence-corrected chi connectivity index (χ0v) is 11.1. The van der Waals surface area contributed by atoms with Gasteiger partial charge in [-0.05, 0) is 30.5 Å². The van der Waals surface area contributed by atoms with Crippen LogP contribution in [0.3, 0.4) is 0 Å². The average Bonchev–Trinajstić information content (AvgIpc) is 2.45. The number of ketones is 1. The molecule has 0 aliphatic carbocycles. The summed E-state index contributed by atoms with van der Waals surface area (Å²) in [6, 6.07) is 10.9. The van der Waals surface area contributed by atoms with Gasteiger partial charge < -0.3 is 5.73 Å². The largest absolute Gasteiger partial charge is 0.321 e. The number of hydrogen-bond acceptors (Lipinski definition) is 2. The van der Waals surface area contributed by atoms with Crippen LogP contribution in [0.1, 0.15) is 21.5 Å². The van der Waals surface area contributed by atoms with Gasteiger partial charge in [0.1, 0.15) is 0 Å². The molecule has 0 amide bonds. The van der Waals surface area contributed by atoms with E-state index in [4.69, 9.17) is 5.73 Å². The second kappa shape index (κ2) is 5.92. The predicted octanol–water partition coefficient (Wildman–Crippen LogP) is 3.03. The maximum absolute atomic E-state index is 13.8. The van der Waals surface area contributed by atoms with E-state index in [1.54, 1.807) is 0 Å². The summed E-state index contributed by atoms with van der Waals surface area (Å²) in [5.74, 6) is -2.72. The zero-order chi connectivity index (χ0) is 14.7. The Morgan fingerprint density at radius 1 is 1.10 bits per heavy atom. The predicted molar refractivity (Wildman–Crippen MR) is 73.5 cm³/mol. The summed E-state index contributed by atoms with van der Waals surface area (Å²) in [6.07, 6.45) is 0.286. The normalized spacial score (nSPS) is 12.2. The van der Waals surface area contributed by atoms with Crippen molar-refractivity contribution in [3.05, 3.63) is 70.8 Å². The van der Waals surface area contributed by atoms with E-state index in [2.05, 4.69) is 0 Å². The monoisotopic (exact) mass is 275 g/mol. The van der Waals surface area contributed by atoms with Gasteiger partial charge >= 0.3 is 0 Å². The van der Waals surface area contributed by atoms with Crippen molar-refractivity contribution >= 4 is 5.78 Å². The number of halogens is 2.